The van der Waals surface area contributed by atoms with E-state index in [-0.39, 0.29) is 12.1 Å². The number of benzene rings is 1. The predicted molar refractivity (Wildman–Crippen MR) is 98.7 cm³/mol. The summed E-state index contributed by atoms with van der Waals surface area (Å²) in [6.45, 7) is 2.27. The molecule has 3 atom stereocenters. The third-order valence-corrected chi connectivity index (χ3v) is 5.52. The van der Waals surface area contributed by atoms with Crippen LogP contribution in [0.5, 0.6) is 0 Å². The topological polar surface area (TPSA) is 23.5 Å². The maximum Gasteiger partial charge on any atom is 0.0699 e. The van der Waals surface area contributed by atoms with E-state index in [4.69, 9.17) is 0 Å². The van der Waals surface area contributed by atoms with Crippen molar-refractivity contribution in [3.05, 3.63) is 35.9 Å². The van der Waals surface area contributed by atoms with Gasteiger partial charge in [0.15, 0.2) is 0 Å². The highest BCUT2D eigenvalue weighted by molar-refractivity contribution is 5.16. The Bertz CT molecular complexity index is 419. The molecule has 2 rings (SSSR count). The summed E-state index contributed by atoms with van der Waals surface area (Å²) < 4.78 is 0. The summed E-state index contributed by atoms with van der Waals surface area (Å²) >= 11 is 0. The van der Waals surface area contributed by atoms with Gasteiger partial charge in [0.05, 0.1) is 6.10 Å². The number of likely N-dealkylation sites (tertiary alicyclic amines) is 1. The zero-order valence-corrected chi connectivity index (χ0v) is 15.1. The Kier molecular flexibility index (Phi) is 8.11. The first-order valence-corrected chi connectivity index (χ1v) is 9.66. The Balaban J connectivity index is 1.79. The second-order valence-electron chi connectivity index (χ2n) is 7.28. The van der Waals surface area contributed by atoms with Gasteiger partial charge >= 0.3 is 0 Å². The summed E-state index contributed by atoms with van der Waals surface area (Å²) in [5.74, 6) is 0. The highest BCUT2D eigenvalue weighted by Gasteiger charge is 2.33. The number of aliphatic hydroxyl groups is 1. The van der Waals surface area contributed by atoms with Gasteiger partial charge in [0.25, 0.3) is 0 Å². The molecule has 2 heteroatoms. The van der Waals surface area contributed by atoms with Gasteiger partial charge in [-0.3, -0.25) is 4.90 Å². The maximum atomic E-state index is 10.4. The van der Waals surface area contributed by atoms with Gasteiger partial charge in [-0.05, 0) is 38.3 Å². The molecular weight excluding hydrogens is 282 g/mol. The number of likely N-dealkylation sites (N-methyl/N-ethyl adjacent to an activating group) is 1. The van der Waals surface area contributed by atoms with Crippen molar-refractivity contribution in [1.82, 2.24) is 4.90 Å². The standard InChI is InChI=1S/C21H35NO/c1-3-4-5-6-7-11-14-19-15-16-21(23)20(22(19)2)17-18-12-9-8-10-13-18/h8-10,12-13,19-21,23H,3-7,11,14-17H2,1-2H3/t19-,20+,21+/m1/s1. The van der Waals surface area contributed by atoms with Crippen molar-refractivity contribution >= 4 is 0 Å². The van der Waals surface area contributed by atoms with Crippen LogP contribution in [-0.4, -0.2) is 35.2 Å². The van der Waals surface area contributed by atoms with Gasteiger partial charge in [-0.1, -0.05) is 75.8 Å². The molecule has 0 amide bonds. The number of rotatable bonds is 9. The van der Waals surface area contributed by atoms with Gasteiger partial charge in [-0.15, -0.1) is 0 Å². The molecule has 0 aliphatic carbocycles. The molecule has 1 fully saturated rings. The first kappa shape index (κ1) is 18.5. The van der Waals surface area contributed by atoms with Crippen LogP contribution in [0.25, 0.3) is 0 Å². The summed E-state index contributed by atoms with van der Waals surface area (Å²) in [5.41, 5.74) is 1.34. The van der Waals surface area contributed by atoms with Crippen molar-refractivity contribution in [3.8, 4) is 0 Å². The monoisotopic (exact) mass is 317 g/mol. The fourth-order valence-corrected chi connectivity index (χ4v) is 3.95. The van der Waals surface area contributed by atoms with Crippen LogP contribution in [0.15, 0.2) is 30.3 Å². The van der Waals surface area contributed by atoms with E-state index in [2.05, 4.69) is 49.2 Å². The lowest BCUT2D eigenvalue weighted by Gasteiger charge is -2.43. The number of nitrogens with zero attached hydrogens (tertiary/aromatic N) is 1. The summed E-state index contributed by atoms with van der Waals surface area (Å²) in [5, 5.41) is 10.4. The number of hydrogen-bond donors (Lipinski definition) is 1. The van der Waals surface area contributed by atoms with Crippen LogP contribution < -0.4 is 0 Å². The zero-order valence-electron chi connectivity index (χ0n) is 15.1. The van der Waals surface area contributed by atoms with Crippen LogP contribution in [-0.2, 0) is 6.42 Å². The van der Waals surface area contributed by atoms with E-state index >= 15 is 0 Å². The normalized spacial score (nSPS) is 25.6. The lowest BCUT2D eigenvalue weighted by atomic mass is 9.87. The lowest BCUT2D eigenvalue weighted by Crippen LogP contribution is -2.52. The first-order valence-electron chi connectivity index (χ1n) is 9.66. The molecule has 0 saturated carbocycles. The number of piperidine rings is 1. The fraction of sp³-hybridized carbons (Fsp3) is 0.714. The minimum absolute atomic E-state index is 0.180. The van der Waals surface area contributed by atoms with Crippen LogP contribution in [0.1, 0.15) is 70.3 Å². The Morgan fingerprint density at radius 3 is 2.43 bits per heavy atom. The van der Waals surface area contributed by atoms with E-state index in [0.29, 0.717) is 6.04 Å². The third kappa shape index (κ3) is 5.93. The van der Waals surface area contributed by atoms with Crippen LogP contribution >= 0.6 is 0 Å². The predicted octanol–water partition coefficient (Wildman–Crippen LogP) is 4.80. The molecule has 1 aromatic carbocycles. The van der Waals surface area contributed by atoms with Gasteiger partial charge in [-0.25, -0.2) is 0 Å². The summed E-state index contributed by atoms with van der Waals surface area (Å²) in [6, 6.07) is 11.5. The molecule has 1 aliphatic heterocycles. The minimum atomic E-state index is -0.180. The van der Waals surface area contributed by atoms with Gasteiger partial charge < -0.3 is 5.11 Å². The average Bonchev–Trinajstić information content (AvgIpc) is 2.57. The molecule has 23 heavy (non-hydrogen) atoms. The van der Waals surface area contributed by atoms with Gasteiger partial charge in [0, 0.05) is 12.1 Å². The molecule has 0 bridgehead atoms. The van der Waals surface area contributed by atoms with Crippen molar-refractivity contribution in [1.29, 1.82) is 0 Å². The van der Waals surface area contributed by atoms with E-state index in [9.17, 15) is 5.11 Å². The van der Waals surface area contributed by atoms with E-state index < -0.39 is 0 Å². The second kappa shape index (κ2) is 10.1. The largest absolute Gasteiger partial charge is 0.391 e. The molecule has 1 saturated heterocycles. The summed E-state index contributed by atoms with van der Waals surface area (Å²) in [4.78, 5) is 2.47. The Labute approximate surface area is 142 Å². The highest BCUT2D eigenvalue weighted by Crippen LogP contribution is 2.27. The Morgan fingerprint density at radius 1 is 1.00 bits per heavy atom. The molecule has 2 nitrogen and oxygen atoms in total. The van der Waals surface area contributed by atoms with Gasteiger partial charge in [0.1, 0.15) is 0 Å². The zero-order chi connectivity index (χ0) is 16.5. The average molecular weight is 318 g/mol. The molecule has 1 heterocycles. The SMILES string of the molecule is CCCCCCCC[C@@H]1CC[C@H](O)[C@H](Cc2ccccc2)N1C. The van der Waals surface area contributed by atoms with Crippen molar-refractivity contribution < 1.29 is 5.11 Å². The van der Waals surface area contributed by atoms with Crippen molar-refractivity contribution in [2.75, 3.05) is 7.05 Å². The van der Waals surface area contributed by atoms with Crippen LogP contribution in [0.4, 0.5) is 0 Å². The van der Waals surface area contributed by atoms with E-state index in [1.165, 1.54) is 50.5 Å². The van der Waals surface area contributed by atoms with E-state index in [0.717, 1.165) is 19.3 Å². The molecule has 1 N–H and O–H groups in total. The Hall–Kier alpha value is -0.860. The van der Waals surface area contributed by atoms with E-state index in [1.807, 2.05) is 0 Å². The molecule has 0 unspecified atom stereocenters. The van der Waals surface area contributed by atoms with Crippen molar-refractivity contribution in [2.45, 2.75) is 89.3 Å². The van der Waals surface area contributed by atoms with Crippen LogP contribution in [0, 0.1) is 0 Å². The number of hydrogen-bond acceptors (Lipinski definition) is 2. The highest BCUT2D eigenvalue weighted by atomic mass is 16.3. The smallest absolute Gasteiger partial charge is 0.0699 e. The second-order valence-corrected chi connectivity index (χ2v) is 7.28. The number of unbranched alkanes of at least 4 members (excludes halogenated alkanes) is 5. The molecule has 1 aliphatic rings. The van der Waals surface area contributed by atoms with Gasteiger partial charge in [-0.2, -0.15) is 0 Å². The molecular formula is C21H35NO. The lowest BCUT2D eigenvalue weighted by molar-refractivity contribution is -0.00906. The van der Waals surface area contributed by atoms with Crippen LogP contribution in [0.3, 0.4) is 0 Å². The van der Waals surface area contributed by atoms with Crippen molar-refractivity contribution in [3.63, 3.8) is 0 Å². The summed E-state index contributed by atoms with van der Waals surface area (Å²) in [7, 11) is 2.22. The number of aliphatic hydroxyl groups excluding tert-OH is 1. The fourth-order valence-electron chi connectivity index (χ4n) is 3.95. The van der Waals surface area contributed by atoms with Crippen LogP contribution in [0.2, 0.25) is 0 Å². The van der Waals surface area contributed by atoms with Crippen molar-refractivity contribution in [2.24, 2.45) is 0 Å². The van der Waals surface area contributed by atoms with Gasteiger partial charge in [0.2, 0.25) is 0 Å². The minimum Gasteiger partial charge on any atom is -0.391 e. The summed E-state index contributed by atoms with van der Waals surface area (Å²) in [6.07, 6.45) is 12.4. The maximum absolute atomic E-state index is 10.4. The molecule has 1 aromatic rings. The Morgan fingerprint density at radius 2 is 1.70 bits per heavy atom. The molecule has 130 valence electrons. The first-order chi connectivity index (χ1) is 11.2. The van der Waals surface area contributed by atoms with E-state index in [1.54, 1.807) is 0 Å². The quantitative estimate of drug-likeness (QED) is 0.661. The molecule has 0 spiro atoms. The third-order valence-electron chi connectivity index (χ3n) is 5.52. The molecule has 0 radical (unpaired) electrons. The molecule has 0 aromatic heterocycles.